The Labute approximate surface area is 162 Å². The third kappa shape index (κ3) is 3.36. The summed E-state index contributed by atoms with van der Waals surface area (Å²) in [6.07, 6.45) is 0.419. The number of hydrogen-bond donors (Lipinski definition) is 0. The molecule has 158 valence electrons. The van der Waals surface area contributed by atoms with Gasteiger partial charge in [0.05, 0.1) is 22.1 Å². The summed E-state index contributed by atoms with van der Waals surface area (Å²) in [5, 5.41) is 1.39. The zero-order valence-corrected chi connectivity index (χ0v) is 15.7. The Bertz CT molecular complexity index is 1350. The molecule has 0 unspecified atom stereocenters. The number of nitrogens with zero attached hydrogens (tertiary/aromatic N) is 2. The lowest BCUT2D eigenvalue weighted by Gasteiger charge is -2.14. The van der Waals surface area contributed by atoms with Gasteiger partial charge in [0.2, 0.25) is 0 Å². The molecular formula is C13H5ClF6N2O5S2. The average Bonchev–Trinajstić information content (AvgIpc) is 2.96. The minimum Gasteiger partial charge on any atom is -0.375 e. The van der Waals surface area contributed by atoms with Crippen molar-refractivity contribution in [2.75, 3.05) is 0 Å². The first-order chi connectivity index (χ1) is 13.1. The van der Waals surface area contributed by atoms with Crippen LogP contribution in [0.3, 0.4) is 0 Å². The highest BCUT2D eigenvalue weighted by molar-refractivity contribution is 7.90. The number of alkyl halides is 6. The Morgan fingerprint density at radius 2 is 1.62 bits per heavy atom. The molecule has 7 nitrogen and oxygen atoms in total. The van der Waals surface area contributed by atoms with Gasteiger partial charge in [-0.3, -0.25) is 0 Å². The predicted octanol–water partition coefficient (Wildman–Crippen LogP) is 3.77. The van der Waals surface area contributed by atoms with Gasteiger partial charge in [-0.05, 0) is 17.5 Å². The van der Waals surface area contributed by atoms with Crippen LogP contribution in [0, 0.1) is 0 Å². The molecule has 0 radical (unpaired) electrons. The highest BCUT2D eigenvalue weighted by Gasteiger charge is 2.50. The van der Waals surface area contributed by atoms with Crippen molar-refractivity contribution in [1.29, 1.82) is 0 Å². The maximum absolute atomic E-state index is 12.9. The number of rotatable bonds is 3. The summed E-state index contributed by atoms with van der Waals surface area (Å²) >= 11 is 5.89. The molecule has 3 aromatic rings. The Morgan fingerprint density at radius 1 is 1.00 bits per heavy atom. The highest BCUT2D eigenvalue weighted by atomic mass is 35.5. The minimum absolute atomic E-state index is 0.198. The van der Waals surface area contributed by atoms with Gasteiger partial charge in [-0.25, -0.2) is 0 Å². The van der Waals surface area contributed by atoms with E-state index in [2.05, 4.69) is 9.28 Å². The summed E-state index contributed by atoms with van der Waals surface area (Å²) in [6.45, 7) is 0. The first-order valence-electron chi connectivity index (χ1n) is 6.99. The molecule has 0 spiro atoms. The molecule has 0 saturated carbocycles. The molecule has 3 rings (SSSR count). The maximum Gasteiger partial charge on any atom is 0.534 e. The normalized spacial score (nSPS) is 13.9. The van der Waals surface area contributed by atoms with E-state index in [9.17, 15) is 43.2 Å². The van der Waals surface area contributed by atoms with E-state index < -0.39 is 57.3 Å². The lowest BCUT2D eigenvalue weighted by Crippen LogP contribution is -2.30. The van der Waals surface area contributed by atoms with E-state index in [-0.39, 0.29) is 10.4 Å². The molecule has 0 saturated heterocycles. The minimum atomic E-state index is -6.27. The van der Waals surface area contributed by atoms with Crippen molar-refractivity contribution in [2.24, 2.45) is 0 Å². The van der Waals surface area contributed by atoms with Crippen molar-refractivity contribution in [3.63, 3.8) is 0 Å². The first-order valence-corrected chi connectivity index (χ1v) is 10.2. The number of fused-ring (bicyclic) bond motifs is 2. The Kier molecular flexibility index (Phi) is 4.71. The first kappa shape index (κ1) is 21.4. The largest absolute Gasteiger partial charge is 0.534 e. The zero-order chi connectivity index (χ0) is 22.0. The summed E-state index contributed by atoms with van der Waals surface area (Å²) < 4.78 is 127. The monoisotopic (exact) mass is 482 g/mol. The van der Waals surface area contributed by atoms with Gasteiger partial charge in [0, 0.05) is 5.39 Å². The molecule has 1 heterocycles. The van der Waals surface area contributed by atoms with Crippen LogP contribution in [0.4, 0.5) is 26.3 Å². The number of hydrogen-bond acceptors (Lipinski definition) is 6. The van der Waals surface area contributed by atoms with Crippen LogP contribution in [0.1, 0.15) is 0 Å². The smallest absolute Gasteiger partial charge is 0.375 e. The van der Waals surface area contributed by atoms with Crippen LogP contribution in [0.25, 0.3) is 21.7 Å². The third-order valence-corrected chi connectivity index (χ3v) is 6.18. The van der Waals surface area contributed by atoms with Gasteiger partial charge in [0.15, 0.2) is 5.75 Å². The Balaban J connectivity index is 2.46. The zero-order valence-electron chi connectivity index (χ0n) is 13.3. The van der Waals surface area contributed by atoms with Gasteiger partial charge >= 0.3 is 31.2 Å². The fourth-order valence-electron chi connectivity index (χ4n) is 2.37. The van der Waals surface area contributed by atoms with Crippen LogP contribution in [0.5, 0.6) is 5.75 Å². The molecule has 0 aliphatic carbocycles. The van der Waals surface area contributed by atoms with Gasteiger partial charge in [-0.2, -0.15) is 48.3 Å². The molecule has 0 amide bonds. The molecule has 0 N–H and O–H groups in total. The predicted molar refractivity (Wildman–Crippen MR) is 88.2 cm³/mol. The molecule has 0 aliphatic rings. The van der Waals surface area contributed by atoms with Crippen LogP contribution >= 0.6 is 11.6 Å². The fourth-order valence-corrected chi connectivity index (χ4v) is 3.90. The third-order valence-electron chi connectivity index (χ3n) is 3.58. The Morgan fingerprint density at radius 3 is 2.17 bits per heavy atom. The molecule has 0 bridgehead atoms. The summed E-state index contributed by atoms with van der Waals surface area (Å²) in [4.78, 5) is 0. The maximum atomic E-state index is 12.9. The fraction of sp³-hybridized carbons (Fsp3) is 0.154. The topological polar surface area (TPSA) is 95.3 Å². The highest BCUT2D eigenvalue weighted by Crippen LogP contribution is 2.42. The summed E-state index contributed by atoms with van der Waals surface area (Å²) in [6, 6.07) is 4.38. The lowest BCUT2D eigenvalue weighted by molar-refractivity contribution is -0.0499. The number of aromatic nitrogens is 2. The number of halogens is 7. The summed E-state index contributed by atoms with van der Waals surface area (Å²) in [5.41, 5.74) is -12.5. The summed E-state index contributed by atoms with van der Waals surface area (Å²) in [5.74, 6) is -1.12. The van der Waals surface area contributed by atoms with Gasteiger partial charge in [-0.15, -0.1) is 4.09 Å². The van der Waals surface area contributed by atoms with Crippen molar-refractivity contribution in [2.45, 2.75) is 11.0 Å². The average molecular weight is 483 g/mol. The van der Waals surface area contributed by atoms with Crippen LogP contribution in [-0.4, -0.2) is 37.0 Å². The van der Waals surface area contributed by atoms with Crippen molar-refractivity contribution in [3.05, 3.63) is 35.5 Å². The molecule has 2 aromatic carbocycles. The van der Waals surface area contributed by atoms with E-state index in [1.54, 1.807) is 0 Å². The Hall–Kier alpha value is -2.26. The molecule has 0 fully saturated rings. The molecular weight excluding hydrogens is 478 g/mol. The second-order valence-corrected chi connectivity index (χ2v) is 9.10. The van der Waals surface area contributed by atoms with E-state index in [1.807, 2.05) is 0 Å². The van der Waals surface area contributed by atoms with Gasteiger partial charge < -0.3 is 4.18 Å². The second-order valence-electron chi connectivity index (χ2n) is 5.40. The van der Waals surface area contributed by atoms with E-state index in [1.165, 1.54) is 6.07 Å². The lowest BCUT2D eigenvalue weighted by atomic mass is 10.1. The van der Waals surface area contributed by atoms with Gasteiger partial charge in [0.25, 0.3) is 0 Å². The van der Waals surface area contributed by atoms with Crippen LogP contribution < -0.4 is 4.18 Å². The van der Waals surface area contributed by atoms with Crippen molar-refractivity contribution >= 4 is 53.4 Å². The van der Waals surface area contributed by atoms with E-state index >= 15 is 0 Å². The molecule has 29 heavy (non-hydrogen) atoms. The van der Waals surface area contributed by atoms with E-state index in [4.69, 9.17) is 11.6 Å². The van der Waals surface area contributed by atoms with Crippen molar-refractivity contribution < 1.29 is 47.4 Å². The van der Waals surface area contributed by atoms with Crippen LogP contribution in [-0.2, 0) is 20.1 Å². The van der Waals surface area contributed by atoms with Crippen molar-refractivity contribution in [3.8, 4) is 5.75 Å². The van der Waals surface area contributed by atoms with Crippen LogP contribution in [0.15, 0.2) is 30.5 Å². The molecule has 0 aliphatic heterocycles. The number of benzene rings is 2. The van der Waals surface area contributed by atoms with Gasteiger partial charge in [-0.1, -0.05) is 23.7 Å². The molecule has 16 heteroatoms. The van der Waals surface area contributed by atoms with Gasteiger partial charge in [0.1, 0.15) is 0 Å². The summed E-state index contributed by atoms with van der Waals surface area (Å²) in [7, 11) is -12.4. The van der Waals surface area contributed by atoms with Crippen molar-refractivity contribution in [1.82, 2.24) is 9.19 Å². The SMILES string of the molecule is O=S(=O)(Oc1c2cnn(S(=O)(=O)C(F)(F)F)c2cc2cccc(Cl)c12)C(F)(F)F. The molecule has 0 atom stereocenters. The van der Waals surface area contributed by atoms with E-state index in [0.717, 1.165) is 18.2 Å². The molecule has 1 aromatic heterocycles. The second kappa shape index (κ2) is 6.37. The quantitative estimate of drug-likeness (QED) is 0.320. The standard InChI is InChI=1S/C13H5ClF6N2O5S2/c14-8-3-1-2-6-4-9-7(5-21-22(9)28(23,24)12(15,16)17)11(10(6)8)27-29(25,26)13(18,19)20/h1-5H. The van der Waals surface area contributed by atoms with Crippen LogP contribution in [0.2, 0.25) is 5.02 Å². The van der Waals surface area contributed by atoms with E-state index in [0.29, 0.717) is 6.20 Å².